The zero-order valence-corrected chi connectivity index (χ0v) is 12.6. The standard InChI is InChI=1S/C17H15ClN2O2/c18-12-8-9-14-15(7-4-10-21)19-17(22)20(16(14)11-12)13-5-2-1-3-6-13/h1-3,5-6,8-9,11,21H,4,7,10H2. The molecule has 112 valence electrons. The van der Waals surface area contributed by atoms with Crippen molar-refractivity contribution in [2.24, 2.45) is 0 Å². The first-order chi connectivity index (χ1) is 10.7. The SMILES string of the molecule is O=c1nc(CCCO)c2ccc(Cl)cc2n1-c1ccccc1. The summed E-state index contributed by atoms with van der Waals surface area (Å²) in [5.74, 6) is 0. The summed E-state index contributed by atoms with van der Waals surface area (Å²) in [6, 6.07) is 14.8. The maximum absolute atomic E-state index is 12.5. The van der Waals surface area contributed by atoms with Crippen molar-refractivity contribution in [3.63, 3.8) is 0 Å². The van der Waals surface area contributed by atoms with Crippen LogP contribution in [0.4, 0.5) is 0 Å². The number of hydrogen-bond acceptors (Lipinski definition) is 3. The van der Waals surface area contributed by atoms with Crippen molar-refractivity contribution in [3.05, 3.63) is 69.7 Å². The number of aliphatic hydroxyl groups excluding tert-OH is 1. The smallest absolute Gasteiger partial charge is 0.352 e. The number of aryl methyl sites for hydroxylation is 1. The summed E-state index contributed by atoms with van der Waals surface area (Å²) >= 11 is 6.11. The van der Waals surface area contributed by atoms with E-state index in [0.717, 1.165) is 16.6 Å². The van der Waals surface area contributed by atoms with Crippen LogP contribution in [0.3, 0.4) is 0 Å². The molecular formula is C17H15ClN2O2. The molecule has 0 aliphatic rings. The van der Waals surface area contributed by atoms with Gasteiger partial charge in [-0.15, -0.1) is 0 Å². The van der Waals surface area contributed by atoms with Gasteiger partial charge in [-0.05, 0) is 43.2 Å². The van der Waals surface area contributed by atoms with Crippen molar-refractivity contribution >= 4 is 22.5 Å². The van der Waals surface area contributed by atoms with Crippen molar-refractivity contribution in [1.29, 1.82) is 0 Å². The molecule has 0 radical (unpaired) electrons. The van der Waals surface area contributed by atoms with E-state index in [2.05, 4.69) is 4.98 Å². The normalized spacial score (nSPS) is 11.0. The van der Waals surface area contributed by atoms with Crippen LogP contribution in [0.15, 0.2) is 53.3 Å². The highest BCUT2D eigenvalue weighted by Gasteiger charge is 2.12. The van der Waals surface area contributed by atoms with Gasteiger partial charge in [0.1, 0.15) is 0 Å². The third kappa shape index (κ3) is 2.75. The number of rotatable bonds is 4. The van der Waals surface area contributed by atoms with E-state index < -0.39 is 0 Å². The van der Waals surface area contributed by atoms with Crippen molar-refractivity contribution in [3.8, 4) is 5.69 Å². The molecule has 0 saturated heterocycles. The number of aromatic nitrogens is 2. The van der Waals surface area contributed by atoms with Crippen LogP contribution in [0.5, 0.6) is 0 Å². The lowest BCUT2D eigenvalue weighted by Crippen LogP contribution is -2.23. The molecule has 1 aromatic heterocycles. The second-order valence-corrected chi connectivity index (χ2v) is 5.44. The maximum Gasteiger partial charge on any atom is 0.352 e. The minimum Gasteiger partial charge on any atom is -0.396 e. The van der Waals surface area contributed by atoms with Crippen molar-refractivity contribution in [2.75, 3.05) is 6.61 Å². The minimum absolute atomic E-state index is 0.0680. The molecule has 1 heterocycles. The van der Waals surface area contributed by atoms with Gasteiger partial charge in [0.05, 0.1) is 16.9 Å². The van der Waals surface area contributed by atoms with Gasteiger partial charge in [-0.2, -0.15) is 4.98 Å². The van der Waals surface area contributed by atoms with Gasteiger partial charge in [0.25, 0.3) is 0 Å². The van der Waals surface area contributed by atoms with Crippen LogP contribution in [-0.2, 0) is 6.42 Å². The third-order valence-electron chi connectivity index (χ3n) is 3.52. The van der Waals surface area contributed by atoms with Gasteiger partial charge in [0, 0.05) is 17.0 Å². The molecular weight excluding hydrogens is 300 g/mol. The average Bonchev–Trinajstić information content (AvgIpc) is 2.53. The molecule has 5 heteroatoms. The van der Waals surface area contributed by atoms with Gasteiger partial charge in [-0.25, -0.2) is 4.79 Å². The van der Waals surface area contributed by atoms with Crippen LogP contribution in [-0.4, -0.2) is 21.3 Å². The molecule has 22 heavy (non-hydrogen) atoms. The number of aliphatic hydroxyl groups is 1. The minimum atomic E-state index is -0.339. The van der Waals surface area contributed by atoms with E-state index in [0.29, 0.717) is 23.6 Å². The summed E-state index contributed by atoms with van der Waals surface area (Å²) in [5.41, 5.74) is 1.83. The molecule has 0 bridgehead atoms. The topological polar surface area (TPSA) is 55.1 Å². The molecule has 3 rings (SSSR count). The van der Waals surface area contributed by atoms with Gasteiger partial charge in [-0.1, -0.05) is 29.8 Å². The van der Waals surface area contributed by atoms with Crippen LogP contribution in [0.25, 0.3) is 16.6 Å². The molecule has 0 spiro atoms. The second kappa shape index (κ2) is 6.30. The highest BCUT2D eigenvalue weighted by atomic mass is 35.5. The summed E-state index contributed by atoms with van der Waals surface area (Å²) in [5, 5.41) is 10.5. The van der Waals surface area contributed by atoms with Crippen LogP contribution in [0.1, 0.15) is 12.1 Å². The lowest BCUT2D eigenvalue weighted by molar-refractivity contribution is 0.288. The lowest BCUT2D eigenvalue weighted by atomic mass is 10.1. The number of halogens is 1. The Hall–Kier alpha value is -2.17. The van der Waals surface area contributed by atoms with E-state index in [4.69, 9.17) is 16.7 Å². The van der Waals surface area contributed by atoms with Gasteiger partial charge in [0.2, 0.25) is 0 Å². The van der Waals surface area contributed by atoms with E-state index in [-0.39, 0.29) is 12.3 Å². The summed E-state index contributed by atoms with van der Waals surface area (Å²) in [7, 11) is 0. The van der Waals surface area contributed by atoms with E-state index in [1.54, 1.807) is 16.7 Å². The summed E-state index contributed by atoms with van der Waals surface area (Å²) in [6.45, 7) is 0.0680. The van der Waals surface area contributed by atoms with Gasteiger partial charge in [0.15, 0.2) is 0 Å². The van der Waals surface area contributed by atoms with Gasteiger partial charge < -0.3 is 5.11 Å². The Bertz CT molecular complexity index is 860. The fourth-order valence-electron chi connectivity index (χ4n) is 2.53. The first kappa shape index (κ1) is 14.8. The van der Waals surface area contributed by atoms with E-state index in [9.17, 15) is 4.79 Å². The Balaban J connectivity index is 2.31. The highest BCUT2D eigenvalue weighted by Crippen LogP contribution is 2.23. The Kier molecular flexibility index (Phi) is 4.22. The van der Waals surface area contributed by atoms with Crippen LogP contribution in [0.2, 0.25) is 5.02 Å². The molecule has 0 aliphatic carbocycles. The molecule has 0 fully saturated rings. The molecule has 0 aliphatic heterocycles. The summed E-state index contributed by atoms with van der Waals surface area (Å²) in [4.78, 5) is 16.7. The van der Waals surface area contributed by atoms with Crippen molar-refractivity contribution in [2.45, 2.75) is 12.8 Å². The third-order valence-corrected chi connectivity index (χ3v) is 3.75. The monoisotopic (exact) mass is 314 g/mol. The Morgan fingerprint density at radius 1 is 1.14 bits per heavy atom. The zero-order chi connectivity index (χ0) is 15.5. The van der Waals surface area contributed by atoms with Crippen LogP contribution >= 0.6 is 11.6 Å². The predicted octanol–water partition coefficient (Wildman–Crippen LogP) is 2.96. The first-order valence-corrected chi connectivity index (χ1v) is 7.46. The molecule has 4 nitrogen and oxygen atoms in total. The quantitative estimate of drug-likeness (QED) is 0.805. The summed E-state index contributed by atoms with van der Waals surface area (Å²) in [6.07, 6.45) is 1.12. The highest BCUT2D eigenvalue weighted by molar-refractivity contribution is 6.31. The second-order valence-electron chi connectivity index (χ2n) is 5.00. The molecule has 2 aromatic carbocycles. The average molecular weight is 315 g/mol. The molecule has 0 saturated carbocycles. The Morgan fingerprint density at radius 2 is 1.91 bits per heavy atom. The van der Waals surface area contributed by atoms with Crippen molar-refractivity contribution < 1.29 is 5.11 Å². The lowest BCUT2D eigenvalue weighted by Gasteiger charge is -2.13. The molecule has 1 N–H and O–H groups in total. The van der Waals surface area contributed by atoms with E-state index >= 15 is 0 Å². The van der Waals surface area contributed by atoms with E-state index in [1.165, 1.54) is 0 Å². The van der Waals surface area contributed by atoms with Gasteiger partial charge in [-0.3, -0.25) is 4.57 Å². The Morgan fingerprint density at radius 3 is 2.64 bits per heavy atom. The van der Waals surface area contributed by atoms with Crippen molar-refractivity contribution in [1.82, 2.24) is 9.55 Å². The first-order valence-electron chi connectivity index (χ1n) is 7.08. The molecule has 0 unspecified atom stereocenters. The molecule has 0 atom stereocenters. The van der Waals surface area contributed by atoms with Gasteiger partial charge >= 0.3 is 5.69 Å². The Labute approximate surface area is 132 Å². The fraction of sp³-hybridized carbons (Fsp3) is 0.176. The number of para-hydroxylation sites is 1. The number of benzene rings is 2. The van der Waals surface area contributed by atoms with Crippen LogP contribution < -0.4 is 5.69 Å². The maximum atomic E-state index is 12.5. The van der Waals surface area contributed by atoms with Crippen LogP contribution in [0, 0.1) is 0 Å². The number of fused-ring (bicyclic) bond motifs is 1. The predicted molar refractivity (Wildman–Crippen MR) is 87.8 cm³/mol. The van der Waals surface area contributed by atoms with E-state index in [1.807, 2.05) is 36.4 Å². The zero-order valence-electron chi connectivity index (χ0n) is 11.9. The number of hydrogen-bond donors (Lipinski definition) is 1. The summed E-state index contributed by atoms with van der Waals surface area (Å²) < 4.78 is 1.56. The largest absolute Gasteiger partial charge is 0.396 e. The molecule has 0 amide bonds. The molecule has 3 aromatic rings. The number of nitrogens with zero attached hydrogens (tertiary/aromatic N) is 2. The fourth-order valence-corrected chi connectivity index (χ4v) is 2.69.